The molecule has 0 N–H and O–H groups in total. The molecule has 3 aromatic rings. The molecule has 0 heterocycles. The van der Waals surface area contributed by atoms with Gasteiger partial charge in [0.25, 0.3) is 10.2 Å². The van der Waals surface area contributed by atoms with Crippen LogP contribution >= 0.6 is 10.2 Å². The molecule has 0 bridgehead atoms. The first-order chi connectivity index (χ1) is 17.8. The maximum absolute atomic E-state index is 14.2. The average molecular weight is 592 g/mol. The van der Waals surface area contributed by atoms with Gasteiger partial charge in [0, 0.05) is 6.54 Å². The molecule has 0 radical (unpaired) electrons. The highest BCUT2D eigenvalue weighted by atomic mass is 32.5. The van der Waals surface area contributed by atoms with Crippen molar-refractivity contribution in [3.05, 3.63) is 101 Å². The van der Waals surface area contributed by atoms with Gasteiger partial charge in [-0.3, -0.25) is 4.79 Å². The lowest BCUT2D eigenvalue weighted by atomic mass is 10.0. The van der Waals surface area contributed by atoms with E-state index in [9.17, 15) is 32.6 Å². The first-order valence-corrected chi connectivity index (χ1v) is 15.4. The highest BCUT2D eigenvalue weighted by molar-refractivity contribution is 8.46. The van der Waals surface area contributed by atoms with Crippen molar-refractivity contribution < 1.29 is 37.4 Å². The van der Waals surface area contributed by atoms with E-state index in [1.807, 2.05) is 6.92 Å². The van der Waals surface area contributed by atoms with E-state index in [2.05, 4.69) is 0 Å². The molecule has 12 heteroatoms. The lowest BCUT2D eigenvalue weighted by molar-refractivity contribution is -0.149. The molecule has 0 unspecified atom stereocenters. The summed E-state index contributed by atoms with van der Waals surface area (Å²) < 4.78 is 99.8. The van der Waals surface area contributed by atoms with Crippen molar-refractivity contribution in [1.29, 1.82) is 0 Å². The highest BCUT2D eigenvalue weighted by Crippen LogP contribution is 2.97. The molecular formula is C27H30F5NO4S2. The van der Waals surface area contributed by atoms with Crippen LogP contribution in [0.5, 0.6) is 0 Å². The zero-order chi connectivity index (χ0) is 29.3. The predicted molar refractivity (Wildman–Crippen MR) is 143 cm³/mol. The molecule has 0 saturated carbocycles. The van der Waals surface area contributed by atoms with E-state index >= 15 is 0 Å². The van der Waals surface area contributed by atoms with Crippen LogP contribution in [0, 0.1) is 20.8 Å². The third-order valence-corrected chi connectivity index (χ3v) is 9.04. The van der Waals surface area contributed by atoms with Gasteiger partial charge in [0.2, 0.25) is 10.0 Å². The molecule has 0 fully saturated rings. The fourth-order valence-corrected chi connectivity index (χ4v) is 7.09. The second kappa shape index (κ2) is 10.2. The summed E-state index contributed by atoms with van der Waals surface area (Å²) in [7, 11) is -14.5. The summed E-state index contributed by atoms with van der Waals surface area (Å²) in [6.07, 6.45) is -1.62. The lowest BCUT2D eigenvalue weighted by Crippen LogP contribution is -2.43. The van der Waals surface area contributed by atoms with E-state index in [0.717, 1.165) is 9.87 Å². The standard InChI is InChI=1S/C27H30F5NO4S2/c1-19-15-20(2)27(21(3)16-19)38(35,36)33(17-23-11-7-5-8-12-23)22(4)26(24-13-9-6-10-14-24)37-25(34)18-39(28,29,30,31)32/h5-16,22,26H,17-18H2,1-4H3/t22-,26-/m0/s1. The Morgan fingerprint density at radius 1 is 0.872 bits per heavy atom. The summed E-state index contributed by atoms with van der Waals surface area (Å²) in [6, 6.07) is 18.0. The van der Waals surface area contributed by atoms with Crippen molar-refractivity contribution in [3.8, 4) is 0 Å². The van der Waals surface area contributed by atoms with E-state index in [4.69, 9.17) is 4.74 Å². The van der Waals surface area contributed by atoms with Crippen LogP contribution in [0.2, 0.25) is 0 Å². The number of ether oxygens (including phenoxy) is 1. The maximum atomic E-state index is 14.2. The Morgan fingerprint density at radius 3 is 1.85 bits per heavy atom. The summed E-state index contributed by atoms with van der Waals surface area (Å²) in [5, 5.41) is 0. The van der Waals surface area contributed by atoms with E-state index in [1.165, 1.54) is 31.2 Å². The molecule has 0 spiro atoms. The number of carbonyl (C=O) groups excluding carboxylic acids is 1. The van der Waals surface area contributed by atoms with Gasteiger partial charge in [0.1, 0.15) is 6.10 Å². The minimum atomic E-state index is -10.1. The molecular weight excluding hydrogens is 561 g/mol. The van der Waals surface area contributed by atoms with Crippen LogP contribution in [0.15, 0.2) is 77.7 Å². The Morgan fingerprint density at radius 2 is 1.36 bits per heavy atom. The normalized spacial score (nSPS) is 15.7. The Labute approximate surface area is 225 Å². The third-order valence-electron chi connectivity index (χ3n) is 6.02. The Kier molecular flexibility index (Phi) is 8.01. The summed E-state index contributed by atoms with van der Waals surface area (Å²) in [4.78, 5) is 12.2. The van der Waals surface area contributed by atoms with Crippen LogP contribution in [0.1, 0.15) is 40.8 Å². The fourth-order valence-electron chi connectivity index (χ4n) is 4.54. The van der Waals surface area contributed by atoms with Crippen LogP contribution < -0.4 is 0 Å². The number of aryl methyl sites for hydroxylation is 3. The first kappa shape index (κ1) is 30.6. The van der Waals surface area contributed by atoms with Gasteiger partial charge in [-0.15, -0.1) is 0 Å². The Balaban J connectivity index is 2.15. The number of sulfonamides is 1. The predicted octanol–water partition coefficient (Wildman–Crippen LogP) is 7.77. The second-order valence-corrected chi connectivity index (χ2v) is 14.0. The van der Waals surface area contributed by atoms with Gasteiger partial charge in [-0.2, -0.15) is 4.31 Å². The van der Waals surface area contributed by atoms with E-state index in [1.54, 1.807) is 62.4 Å². The zero-order valence-corrected chi connectivity index (χ0v) is 23.4. The number of esters is 1. The van der Waals surface area contributed by atoms with Crippen molar-refractivity contribution >= 4 is 26.2 Å². The van der Waals surface area contributed by atoms with Gasteiger partial charge in [-0.25, -0.2) is 8.42 Å². The average Bonchev–Trinajstić information content (AvgIpc) is 2.79. The summed E-state index contributed by atoms with van der Waals surface area (Å²) >= 11 is 0. The number of hydrogen-bond acceptors (Lipinski definition) is 4. The molecule has 5 nitrogen and oxygen atoms in total. The van der Waals surface area contributed by atoms with Crippen LogP contribution in [-0.4, -0.2) is 30.5 Å². The first-order valence-electron chi connectivity index (χ1n) is 11.9. The SMILES string of the molecule is Cc1cc(C)c(S(=O)(=O)N(Cc2ccccc2)[C@@H](C)[C@H](OC(=O)CS(F)(F)(F)(F)F)c2ccccc2)c(C)c1. The zero-order valence-electron chi connectivity index (χ0n) is 21.8. The molecule has 3 aromatic carbocycles. The molecule has 0 amide bonds. The number of carbonyl (C=O) groups is 1. The number of rotatable bonds is 10. The lowest BCUT2D eigenvalue weighted by Gasteiger charge is -2.40. The van der Waals surface area contributed by atoms with Crippen molar-refractivity contribution in [2.24, 2.45) is 0 Å². The van der Waals surface area contributed by atoms with Gasteiger partial charge in [0.05, 0.1) is 10.9 Å². The van der Waals surface area contributed by atoms with E-state index in [-0.39, 0.29) is 17.0 Å². The van der Waals surface area contributed by atoms with Crippen LogP contribution in [0.3, 0.4) is 0 Å². The minimum Gasteiger partial charge on any atom is -0.455 e. The molecule has 0 aliphatic rings. The molecule has 0 aliphatic heterocycles. The second-order valence-electron chi connectivity index (χ2n) is 9.60. The summed E-state index contributed by atoms with van der Waals surface area (Å²) in [5.41, 5.74) is 2.43. The van der Waals surface area contributed by atoms with Gasteiger partial charge in [-0.1, -0.05) is 97.8 Å². The van der Waals surface area contributed by atoms with E-state index in [0.29, 0.717) is 16.7 Å². The van der Waals surface area contributed by atoms with Crippen LogP contribution in [0.25, 0.3) is 0 Å². The van der Waals surface area contributed by atoms with Crippen molar-refractivity contribution in [1.82, 2.24) is 4.31 Å². The van der Waals surface area contributed by atoms with Gasteiger partial charge in [0.15, 0.2) is 5.75 Å². The van der Waals surface area contributed by atoms with E-state index < -0.39 is 44.1 Å². The summed E-state index contributed by atoms with van der Waals surface area (Å²) in [5.74, 6) is -5.26. The Hall–Kier alpha value is -2.96. The highest BCUT2D eigenvalue weighted by Gasteiger charge is 2.65. The topological polar surface area (TPSA) is 63.7 Å². The van der Waals surface area contributed by atoms with Crippen LogP contribution in [0.4, 0.5) is 19.4 Å². The molecule has 214 valence electrons. The summed E-state index contributed by atoms with van der Waals surface area (Å²) in [6.45, 7) is 6.21. The largest absolute Gasteiger partial charge is 0.455 e. The number of nitrogens with zero attached hydrogens (tertiary/aromatic N) is 1. The smallest absolute Gasteiger partial charge is 0.325 e. The fraction of sp³-hybridized carbons (Fsp3) is 0.296. The number of benzene rings is 3. The number of halogens is 5. The third kappa shape index (κ3) is 8.26. The van der Waals surface area contributed by atoms with Crippen LogP contribution in [-0.2, 0) is 26.1 Å². The van der Waals surface area contributed by atoms with Crippen molar-refractivity contribution in [2.45, 2.75) is 51.3 Å². The Bertz CT molecular complexity index is 1430. The van der Waals surface area contributed by atoms with Gasteiger partial charge in [-0.05, 0) is 49.9 Å². The minimum absolute atomic E-state index is 0.000953. The molecule has 0 aromatic heterocycles. The molecule has 0 aliphatic carbocycles. The number of hydrogen-bond donors (Lipinski definition) is 0. The monoisotopic (exact) mass is 591 g/mol. The van der Waals surface area contributed by atoms with Gasteiger partial charge >= 0.3 is 5.97 Å². The van der Waals surface area contributed by atoms with Crippen molar-refractivity contribution in [2.75, 3.05) is 5.75 Å². The maximum Gasteiger partial charge on any atom is 0.325 e. The van der Waals surface area contributed by atoms with Gasteiger partial charge < -0.3 is 4.74 Å². The molecule has 0 saturated heterocycles. The van der Waals surface area contributed by atoms with Crippen molar-refractivity contribution in [3.63, 3.8) is 0 Å². The molecule has 3 rings (SSSR count). The molecule has 39 heavy (non-hydrogen) atoms. The quantitative estimate of drug-likeness (QED) is 0.179. The molecule has 2 atom stereocenters.